The fourth-order valence-electron chi connectivity index (χ4n) is 1.24. The summed E-state index contributed by atoms with van der Waals surface area (Å²) in [6.45, 7) is 4.50. The van der Waals surface area contributed by atoms with Crippen LogP contribution in [0.2, 0.25) is 0 Å². The molecule has 2 heterocycles. The second-order valence-corrected chi connectivity index (χ2v) is 5.78. The van der Waals surface area contributed by atoms with Gasteiger partial charge < -0.3 is 5.73 Å². The lowest BCUT2D eigenvalue weighted by Gasteiger charge is -2.03. The van der Waals surface area contributed by atoms with Crippen LogP contribution in [0.5, 0.6) is 0 Å². The van der Waals surface area contributed by atoms with E-state index in [2.05, 4.69) is 21.2 Å². The van der Waals surface area contributed by atoms with Crippen molar-refractivity contribution in [2.24, 2.45) is 5.73 Å². The lowest BCUT2D eigenvalue weighted by atomic mass is 10.2. The Morgan fingerprint density at radius 3 is 2.75 bits per heavy atom. The van der Waals surface area contributed by atoms with Crippen molar-refractivity contribution in [3.05, 3.63) is 28.4 Å². The maximum Gasteiger partial charge on any atom is 0.180 e. The summed E-state index contributed by atoms with van der Waals surface area (Å²) in [6, 6.07) is 2.06. The van der Waals surface area contributed by atoms with Gasteiger partial charge in [-0.1, -0.05) is 17.4 Å². The first-order valence-corrected chi connectivity index (χ1v) is 6.46. The number of rotatable bonds is 3. The minimum Gasteiger partial charge on any atom is -0.326 e. The van der Waals surface area contributed by atoms with E-state index < -0.39 is 0 Å². The molecule has 0 fully saturated rings. The van der Waals surface area contributed by atoms with Gasteiger partial charge in [-0.05, 0) is 36.7 Å². The molecule has 2 N–H and O–H groups in total. The summed E-state index contributed by atoms with van der Waals surface area (Å²) in [5.74, 6) is 0. The van der Waals surface area contributed by atoms with Crippen molar-refractivity contribution in [2.45, 2.75) is 29.8 Å². The number of hydrogen-bond acceptors (Lipinski definition) is 6. The molecule has 0 saturated carbocycles. The predicted molar refractivity (Wildman–Crippen MR) is 65.6 cm³/mol. The van der Waals surface area contributed by atoms with Crippen LogP contribution in [0.3, 0.4) is 0 Å². The Hall–Kier alpha value is -0.980. The molecule has 16 heavy (non-hydrogen) atoms. The zero-order valence-electron chi connectivity index (χ0n) is 9.10. The molecule has 0 aliphatic heterocycles. The van der Waals surface area contributed by atoms with Gasteiger partial charge in [0.2, 0.25) is 0 Å². The highest BCUT2D eigenvalue weighted by Crippen LogP contribution is 2.30. The van der Waals surface area contributed by atoms with Gasteiger partial charge in [-0.2, -0.15) is 0 Å². The van der Waals surface area contributed by atoms with E-state index in [1.807, 2.05) is 20.0 Å². The van der Waals surface area contributed by atoms with Crippen molar-refractivity contribution in [1.82, 2.24) is 15.2 Å². The first-order chi connectivity index (χ1) is 7.69. The molecular weight excluding hydrogens is 240 g/mol. The van der Waals surface area contributed by atoms with Gasteiger partial charge in [-0.25, -0.2) is 4.98 Å². The van der Waals surface area contributed by atoms with Gasteiger partial charge in [0.05, 0.1) is 0 Å². The van der Waals surface area contributed by atoms with Crippen LogP contribution in [0, 0.1) is 13.8 Å². The standard InChI is InChI=1S/C10H12N4S2/c1-6-3-8(4-11)5-12-9(6)16-10-14-13-7(2)15-10/h3,5H,4,11H2,1-2H3. The maximum absolute atomic E-state index is 5.56. The summed E-state index contributed by atoms with van der Waals surface area (Å²) in [6.07, 6.45) is 1.81. The second kappa shape index (κ2) is 4.90. The molecule has 0 radical (unpaired) electrons. The normalized spacial score (nSPS) is 10.7. The number of nitrogens with two attached hydrogens (primary N) is 1. The van der Waals surface area contributed by atoms with Gasteiger partial charge in [0, 0.05) is 12.7 Å². The Morgan fingerprint density at radius 2 is 2.19 bits per heavy atom. The van der Waals surface area contributed by atoms with E-state index in [0.717, 1.165) is 25.5 Å². The van der Waals surface area contributed by atoms with Crippen LogP contribution in [0.15, 0.2) is 21.6 Å². The summed E-state index contributed by atoms with van der Waals surface area (Å²) in [5, 5.41) is 9.97. The van der Waals surface area contributed by atoms with Gasteiger partial charge in [0.25, 0.3) is 0 Å². The minimum absolute atomic E-state index is 0.525. The number of aromatic nitrogens is 3. The van der Waals surface area contributed by atoms with Crippen LogP contribution in [0.25, 0.3) is 0 Å². The van der Waals surface area contributed by atoms with Crippen molar-refractivity contribution >= 4 is 23.1 Å². The number of pyridine rings is 1. The van der Waals surface area contributed by atoms with Crippen LogP contribution in [0.1, 0.15) is 16.1 Å². The third kappa shape index (κ3) is 2.58. The molecule has 0 unspecified atom stereocenters. The molecule has 0 bridgehead atoms. The SMILES string of the molecule is Cc1nnc(Sc2ncc(CN)cc2C)s1. The lowest BCUT2D eigenvalue weighted by Crippen LogP contribution is -1.98. The second-order valence-electron chi connectivity index (χ2n) is 3.36. The molecule has 0 aromatic carbocycles. The number of aryl methyl sites for hydroxylation is 2. The molecule has 2 aromatic rings. The van der Waals surface area contributed by atoms with E-state index in [4.69, 9.17) is 5.73 Å². The van der Waals surface area contributed by atoms with Gasteiger partial charge in [-0.3, -0.25) is 0 Å². The molecule has 2 aromatic heterocycles. The van der Waals surface area contributed by atoms with Gasteiger partial charge in [-0.15, -0.1) is 10.2 Å². The molecule has 6 heteroatoms. The largest absolute Gasteiger partial charge is 0.326 e. The van der Waals surface area contributed by atoms with E-state index >= 15 is 0 Å². The van der Waals surface area contributed by atoms with E-state index in [-0.39, 0.29) is 0 Å². The zero-order chi connectivity index (χ0) is 11.5. The van der Waals surface area contributed by atoms with E-state index in [9.17, 15) is 0 Å². The molecule has 2 rings (SSSR count). The monoisotopic (exact) mass is 252 g/mol. The van der Waals surface area contributed by atoms with Crippen LogP contribution < -0.4 is 5.73 Å². The predicted octanol–water partition coefficient (Wildman–Crippen LogP) is 2.16. The lowest BCUT2D eigenvalue weighted by molar-refractivity contribution is 0.968. The highest BCUT2D eigenvalue weighted by molar-refractivity contribution is 8.01. The van der Waals surface area contributed by atoms with Crippen LogP contribution >= 0.6 is 23.1 Å². The minimum atomic E-state index is 0.525. The molecular formula is C10H12N4S2. The Balaban J connectivity index is 2.21. The summed E-state index contributed by atoms with van der Waals surface area (Å²) in [7, 11) is 0. The summed E-state index contributed by atoms with van der Waals surface area (Å²) >= 11 is 3.12. The maximum atomic E-state index is 5.56. The fraction of sp³-hybridized carbons (Fsp3) is 0.300. The Bertz CT molecular complexity index is 495. The smallest absolute Gasteiger partial charge is 0.180 e. The third-order valence-corrected chi connectivity index (χ3v) is 4.02. The average Bonchev–Trinajstić information content (AvgIpc) is 2.67. The molecule has 0 saturated heterocycles. The van der Waals surface area contributed by atoms with E-state index in [0.29, 0.717) is 6.54 Å². The number of hydrogen-bond donors (Lipinski definition) is 1. The van der Waals surface area contributed by atoms with Gasteiger partial charge in [0.15, 0.2) is 4.34 Å². The highest BCUT2D eigenvalue weighted by Gasteiger charge is 2.07. The highest BCUT2D eigenvalue weighted by atomic mass is 32.2. The van der Waals surface area contributed by atoms with Crippen molar-refractivity contribution in [3.63, 3.8) is 0 Å². The Kier molecular flexibility index (Phi) is 3.52. The van der Waals surface area contributed by atoms with Crippen LogP contribution in [-0.2, 0) is 6.54 Å². The molecule has 0 aliphatic rings. The number of nitrogens with zero attached hydrogens (tertiary/aromatic N) is 3. The van der Waals surface area contributed by atoms with E-state index in [1.54, 1.807) is 23.1 Å². The van der Waals surface area contributed by atoms with Crippen molar-refractivity contribution < 1.29 is 0 Å². The molecule has 0 spiro atoms. The molecule has 0 atom stereocenters. The zero-order valence-corrected chi connectivity index (χ0v) is 10.7. The van der Waals surface area contributed by atoms with Gasteiger partial charge in [0.1, 0.15) is 10.0 Å². The third-order valence-electron chi connectivity index (χ3n) is 2.01. The van der Waals surface area contributed by atoms with Crippen molar-refractivity contribution in [2.75, 3.05) is 0 Å². The summed E-state index contributed by atoms with van der Waals surface area (Å²) in [4.78, 5) is 4.38. The van der Waals surface area contributed by atoms with Crippen LogP contribution in [0.4, 0.5) is 0 Å². The Morgan fingerprint density at radius 1 is 1.38 bits per heavy atom. The quantitative estimate of drug-likeness (QED) is 0.907. The first-order valence-electron chi connectivity index (χ1n) is 4.82. The molecule has 84 valence electrons. The summed E-state index contributed by atoms with van der Waals surface area (Å²) in [5.41, 5.74) is 7.73. The van der Waals surface area contributed by atoms with Gasteiger partial charge >= 0.3 is 0 Å². The molecule has 0 amide bonds. The molecule has 4 nitrogen and oxygen atoms in total. The van der Waals surface area contributed by atoms with Crippen molar-refractivity contribution in [1.29, 1.82) is 0 Å². The van der Waals surface area contributed by atoms with Crippen LogP contribution in [-0.4, -0.2) is 15.2 Å². The fourth-order valence-corrected chi connectivity index (χ4v) is 2.99. The van der Waals surface area contributed by atoms with Crippen molar-refractivity contribution in [3.8, 4) is 0 Å². The first kappa shape index (κ1) is 11.5. The molecule has 0 aliphatic carbocycles. The van der Waals surface area contributed by atoms with E-state index in [1.165, 1.54) is 0 Å². The Labute approximate surface area is 102 Å². The topological polar surface area (TPSA) is 64.7 Å². The average molecular weight is 252 g/mol. The summed E-state index contributed by atoms with van der Waals surface area (Å²) < 4.78 is 0.925.